The largest absolute Gasteiger partial charge is 0.480 e. The number of carbonyl (C=O) groups excluding carboxylic acids is 1. The van der Waals surface area contributed by atoms with Crippen molar-refractivity contribution in [1.82, 2.24) is 5.32 Å². The molecule has 0 fully saturated rings. The summed E-state index contributed by atoms with van der Waals surface area (Å²) < 4.78 is 0. The van der Waals surface area contributed by atoms with Crippen molar-refractivity contribution in [3.63, 3.8) is 0 Å². The molecule has 0 saturated heterocycles. The molecule has 0 aliphatic carbocycles. The molecule has 0 bridgehead atoms. The summed E-state index contributed by atoms with van der Waals surface area (Å²) in [5.74, 6) is -1.32. The van der Waals surface area contributed by atoms with E-state index in [-0.39, 0.29) is 11.7 Å². The Balaban J connectivity index is 3.83. The van der Waals surface area contributed by atoms with Crippen LogP contribution in [0.15, 0.2) is 0 Å². The van der Waals surface area contributed by atoms with Gasteiger partial charge in [-0.05, 0) is 0 Å². The fraction of sp³-hybridized carbons (Fsp3) is 0.600. The second-order valence-corrected chi connectivity index (χ2v) is 2.14. The number of nitrogens with one attached hydrogen (secondary N) is 1. The van der Waals surface area contributed by atoms with Gasteiger partial charge in [-0.15, -0.1) is 0 Å². The van der Waals surface area contributed by atoms with Gasteiger partial charge < -0.3 is 10.4 Å². The number of carboxylic acid groups (broad SMARTS) is 1. The number of amides is 1. The minimum Gasteiger partial charge on any atom is -0.480 e. The fourth-order valence-electron chi connectivity index (χ4n) is 0.431. The summed E-state index contributed by atoms with van der Waals surface area (Å²) in [5, 5.41) is 10.6. The Morgan fingerprint density at radius 2 is 2.20 bits per heavy atom. The van der Waals surface area contributed by atoms with E-state index in [1.807, 2.05) is 0 Å². The molecule has 1 amide bonds. The van der Waals surface area contributed by atoms with E-state index in [2.05, 4.69) is 17.9 Å². The van der Waals surface area contributed by atoms with E-state index < -0.39 is 12.0 Å². The summed E-state index contributed by atoms with van der Waals surface area (Å²) >= 11 is 3.73. The van der Waals surface area contributed by atoms with Crippen LogP contribution in [0.25, 0.3) is 0 Å². The predicted molar refractivity (Wildman–Crippen MR) is 39.1 cm³/mol. The molecule has 0 aromatic heterocycles. The number of carboxylic acids is 1. The molecule has 0 rings (SSSR count). The molecule has 1 atom stereocenters. The van der Waals surface area contributed by atoms with Gasteiger partial charge in [0.05, 0.1) is 0 Å². The number of hydrogen-bond acceptors (Lipinski definition) is 3. The molecule has 10 heavy (non-hydrogen) atoms. The number of aliphatic carboxylic acids is 1. The van der Waals surface area contributed by atoms with Crippen LogP contribution in [0.5, 0.6) is 0 Å². The molecule has 4 nitrogen and oxygen atoms in total. The van der Waals surface area contributed by atoms with Crippen LogP contribution in [0.2, 0.25) is 0 Å². The maximum atomic E-state index is 10.3. The minimum absolute atomic E-state index is 0.106. The van der Waals surface area contributed by atoms with E-state index in [1.54, 1.807) is 0 Å². The second-order valence-electron chi connectivity index (χ2n) is 1.77. The van der Waals surface area contributed by atoms with Crippen molar-refractivity contribution in [3.8, 4) is 0 Å². The van der Waals surface area contributed by atoms with E-state index in [0.29, 0.717) is 0 Å². The molecule has 0 unspecified atom stereocenters. The highest BCUT2D eigenvalue weighted by molar-refractivity contribution is 7.80. The number of carbonyl (C=O) groups is 2. The van der Waals surface area contributed by atoms with Crippen LogP contribution in [-0.4, -0.2) is 28.8 Å². The van der Waals surface area contributed by atoms with Crippen molar-refractivity contribution >= 4 is 24.5 Å². The van der Waals surface area contributed by atoms with Crippen molar-refractivity contribution in [2.24, 2.45) is 0 Å². The highest BCUT2D eigenvalue weighted by atomic mass is 32.1. The van der Waals surface area contributed by atoms with Gasteiger partial charge in [-0.25, -0.2) is 4.79 Å². The molecular weight excluding hydrogens is 155 g/mol. The SMILES string of the molecule is CC(=O)[15NH][C@@H](CS)C(=O)O. The first-order chi connectivity index (χ1) is 4.57. The van der Waals surface area contributed by atoms with Crippen LogP contribution in [-0.2, 0) is 9.59 Å². The van der Waals surface area contributed by atoms with E-state index in [9.17, 15) is 9.59 Å². The number of hydrogen-bond donors (Lipinski definition) is 3. The van der Waals surface area contributed by atoms with Crippen molar-refractivity contribution in [1.29, 1.82) is 0 Å². The molecule has 2 N–H and O–H groups in total. The zero-order valence-corrected chi connectivity index (χ0v) is 6.39. The number of rotatable bonds is 3. The van der Waals surface area contributed by atoms with Gasteiger partial charge in [-0.2, -0.15) is 12.6 Å². The summed E-state index contributed by atoms with van der Waals surface area (Å²) in [4.78, 5) is 20.5. The molecule has 5 heteroatoms. The van der Waals surface area contributed by atoms with Gasteiger partial charge >= 0.3 is 5.97 Å². The molecule has 0 aliphatic rings. The lowest BCUT2D eigenvalue weighted by Crippen LogP contribution is -2.40. The van der Waals surface area contributed by atoms with Gasteiger partial charge in [0.2, 0.25) is 5.91 Å². The summed E-state index contributed by atoms with van der Waals surface area (Å²) in [6.07, 6.45) is 0. The zero-order chi connectivity index (χ0) is 8.15. The third-order valence-corrected chi connectivity index (χ3v) is 1.22. The Morgan fingerprint density at radius 3 is 2.30 bits per heavy atom. The lowest BCUT2D eigenvalue weighted by atomic mass is 10.4. The van der Waals surface area contributed by atoms with Crippen LogP contribution >= 0.6 is 12.6 Å². The van der Waals surface area contributed by atoms with Crippen molar-refractivity contribution in [2.75, 3.05) is 5.75 Å². The molecule has 0 heterocycles. The Labute approximate surface area is 64.0 Å². The lowest BCUT2D eigenvalue weighted by Gasteiger charge is -2.08. The average molecular weight is 164 g/mol. The van der Waals surface area contributed by atoms with Gasteiger partial charge in [-0.3, -0.25) is 4.79 Å². The Kier molecular flexibility index (Phi) is 3.87. The maximum absolute atomic E-state index is 10.3. The van der Waals surface area contributed by atoms with Crippen molar-refractivity contribution in [2.45, 2.75) is 13.0 Å². The molecule has 0 aromatic rings. The standard InChI is InChI=1S/C5H9NO3S/c1-3(7)6-4(2-10)5(8)9/h4,10H,2H2,1H3,(H,6,7)(H,8,9)/t4-/m0/s1/i6+1. The molecule has 0 spiro atoms. The Bertz CT molecular complexity index is 148. The van der Waals surface area contributed by atoms with Gasteiger partial charge in [0.15, 0.2) is 0 Å². The first-order valence-electron chi connectivity index (χ1n) is 2.68. The lowest BCUT2D eigenvalue weighted by molar-refractivity contribution is -0.140. The first-order valence-corrected chi connectivity index (χ1v) is 3.32. The smallest absolute Gasteiger partial charge is 0.327 e. The molecule has 0 aliphatic heterocycles. The fourth-order valence-corrected chi connectivity index (χ4v) is 0.678. The Hall–Kier alpha value is -0.710. The van der Waals surface area contributed by atoms with Gasteiger partial charge in [0.25, 0.3) is 0 Å². The summed E-state index contributed by atoms with van der Waals surface area (Å²) in [6.45, 7) is 1.26. The van der Waals surface area contributed by atoms with E-state index in [0.717, 1.165) is 0 Å². The van der Waals surface area contributed by atoms with Crippen LogP contribution in [0.1, 0.15) is 6.92 Å². The van der Waals surface area contributed by atoms with Gasteiger partial charge in [0, 0.05) is 12.7 Å². The van der Waals surface area contributed by atoms with Gasteiger partial charge in [-0.1, -0.05) is 0 Å². The summed E-state index contributed by atoms with van der Waals surface area (Å²) in [7, 11) is 0. The van der Waals surface area contributed by atoms with Crippen LogP contribution in [0.3, 0.4) is 0 Å². The Morgan fingerprint density at radius 1 is 1.70 bits per heavy atom. The van der Waals surface area contributed by atoms with E-state index in [1.165, 1.54) is 6.92 Å². The molecule has 58 valence electrons. The van der Waals surface area contributed by atoms with E-state index >= 15 is 0 Å². The first kappa shape index (κ1) is 9.29. The molecular formula is C5H9NO3S. The monoisotopic (exact) mass is 164 g/mol. The van der Waals surface area contributed by atoms with Crippen LogP contribution < -0.4 is 5.32 Å². The summed E-state index contributed by atoms with van der Waals surface area (Å²) in [5.41, 5.74) is 0. The number of thiol groups is 1. The topological polar surface area (TPSA) is 66.4 Å². The highest BCUT2D eigenvalue weighted by Gasteiger charge is 2.14. The quantitative estimate of drug-likeness (QED) is 0.389. The maximum Gasteiger partial charge on any atom is 0.327 e. The van der Waals surface area contributed by atoms with E-state index in [4.69, 9.17) is 5.11 Å². The van der Waals surface area contributed by atoms with Crippen LogP contribution in [0, 0.1) is 0 Å². The second kappa shape index (κ2) is 4.16. The minimum atomic E-state index is -1.06. The van der Waals surface area contributed by atoms with Crippen molar-refractivity contribution < 1.29 is 14.7 Å². The predicted octanol–water partition coefficient (Wildman–Crippen LogP) is -0.494. The van der Waals surface area contributed by atoms with Crippen LogP contribution in [0.4, 0.5) is 0 Å². The average Bonchev–Trinajstić information content (AvgIpc) is 1.81. The zero-order valence-electron chi connectivity index (χ0n) is 5.50. The molecule has 0 radical (unpaired) electrons. The van der Waals surface area contributed by atoms with Crippen molar-refractivity contribution in [3.05, 3.63) is 0 Å². The normalized spacial score (nSPS) is 12.2. The molecule has 0 saturated carbocycles. The third-order valence-electron chi connectivity index (χ3n) is 0.858. The van der Waals surface area contributed by atoms with Gasteiger partial charge in [0.1, 0.15) is 6.04 Å². The highest BCUT2D eigenvalue weighted by Crippen LogP contribution is 1.86. The molecule has 0 aromatic carbocycles. The summed E-state index contributed by atoms with van der Waals surface area (Å²) in [6, 6.07) is -0.874. The third kappa shape index (κ3) is 3.34.